The summed E-state index contributed by atoms with van der Waals surface area (Å²) in [5, 5.41) is 5.00. The number of benzene rings is 1. The second-order valence-electron chi connectivity index (χ2n) is 7.64. The average Bonchev–Trinajstić information content (AvgIpc) is 3.26. The third-order valence-corrected chi connectivity index (χ3v) is 6.58. The lowest BCUT2D eigenvalue weighted by molar-refractivity contribution is 0.0391. The number of amides is 1. The number of carbonyl (C=O) groups excluding carboxylic acids is 1. The van der Waals surface area contributed by atoms with Crippen LogP contribution in [0.2, 0.25) is 0 Å². The number of anilines is 1. The van der Waals surface area contributed by atoms with E-state index in [1.807, 2.05) is 18.9 Å². The quantitative estimate of drug-likeness (QED) is 0.644. The molecule has 2 aromatic heterocycles. The summed E-state index contributed by atoms with van der Waals surface area (Å²) in [6, 6.07) is 4.25. The highest BCUT2D eigenvalue weighted by Crippen LogP contribution is 2.33. The van der Waals surface area contributed by atoms with Gasteiger partial charge in [-0.05, 0) is 43.5 Å². The number of rotatable bonds is 5. The van der Waals surface area contributed by atoms with Crippen LogP contribution in [0.1, 0.15) is 27.2 Å². The highest BCUT2D eigenvalue weighted by molar-refractivity contribution is 7.22. The Labute approximate surface area is 174 Å². The number of aryl methyl sites for hydroxylation is 4. The zero-order valence-electron chi connectivity index (χ0n) is 17.4. The number of thiazole rings is 1. The van der Waals surface area contributed by atoms with Crippen LogP contribution in [0.3, 0.4) is 0 Å². The first-order valence-corrected chi connectivity index (χ1v) is 10.7. The van der Waals surface area contributed by atoms with Gasteiger partial charge in [0.1, 0.15) is 5.69 Å². The van der Waals surface area contributed by atoms with E-state index < -0.39 is 0 Å². The molecule has 8 heteroatoms. The average molecular weight is 414 g/mol. The first-order chi connectivity index (χ1) is 13.9. The molecule has 1 fully saturated rings. The molecular formula is C21H27N5O2S. The van der Waals surface area contributed by atoms with Gasteiger partial charge in [0.15, 0.2) is 5.13 Å². The normalized spacial score (nSPS) is 15.2. The molecule has 3 aromatic rings. The van der Waals surface area contributed by atoms with E-state index in [-0.39, 0.29) is 5.91 Å². The van der Waals surface area contributed by atoms with Crippen LogP contribution in [0.5, 0.6) is 0 Å². The Kier molecular flexibility index (Phi) is 5.67. The summed E-state index contributed by atoms with van der Waals surface area (Å²) < 4.78 is 8.24. The van der Waals surface area contributed by atoms with Gasteiger partial charge in [-0.3, -0.25) is 19.3 Å². The molecule has 1 aliphatic heterocycles. The van der Waals surface area contributed by atoms with Crippen molar-refractivity contribution in [3.63, 3.8) is 0 Å². The predicted octanol–water partition coefficient (Wildman–Crippen LogP) is 2.93. The molecule has 0 N–H and O–H groups in total. The van der Waals surface area contributed by atoms with Crippen LogP contribution in [-0.2, 0) is 11.8 Å². The molecule has 1 amide bonds. The number of hydrogen-bond acceptors (Lipinski definition) is 6. The van der Waals surface area contributed by atoms with Gasteiger partial charge in [0.2, 0.25) is 0 Å². The van der Waals surface area contributed by atoms with Gasteiger partial charge in [0, 0.05) is 33.2 Å². The molecule has 1 aromatic carbocycles. The van der Waals surface area contributed by atoms with Crippen molar-refractivity contribution in [1.29, 1.82) is 0 Å². The van der Waals surface area contributed by atoms with Gasteiger partial charge in [0.05, 0.1) is 29.6 Å². The molecule has 29 heavy (non-hydrogen) atoms. The molecule has 0 radical (unpaired) electrons. The smallest absolute Gasteiger partial charge is 0.278 e. The van der Waals surface area contributed by atoms with Crippen molar-refractivity contribution in [2.24, 2.45) is 7.05 Å². The maximum Gasteiger partial charge on any atom is 0.278 e. The minimum Gasteiger partial charge on any atom is -0.379 e. The van der Waals surface area contributed by atoms with Crippen molar-refractivity contribution in [3.05, 3.63) is 40.7 Å². The van der Waals surface area contributed by atoms with E-state index in [2.05, 4.69) is 36.0 Å². The van der Waals surface area contributed by atoms with Gasteiger partial charge in [-0.15, -0.1) is 0 Å². The van der Waals surface area contributed by atoms with Crippen LogP contribution in [-0.4, -0.2) is 65.0 Å². The van der Waals surface area contributed by atoms with Crippen LogP contribution in [0, 0.1) is 20.8 Å². The molecule has 154 valence electrons. The van der Waals surface area contributed by atoms with E-state index in [1.165, 1.54) is 11.1 Å². The standard InChI is InChI=1S/C21H27N5O2S/c1-14-11-15(2)19-17(12-14)23-21(29-19)26(6-5-25-7-9-28-10-8-25)20(27)18-16(3)13-22-24(18)4/h11-13H,5-10H2,1-4H3. The van der Waals surface area contributed by atoms with Crippen molar-refractivity contribution in [1.82, 2.24) is 19.7 Å². The van der Waals surface area contributed by atoms with Gasteiger partial charge >= 0.3 is 0 Å². The first kappa shape index (κ1) is 20.0. The molecule has 0 unspecified atom stereocenters. The summed E-state index contributed by atoms with van der Waals surface area (Å²) in [5.74, 6) is -0.0517. The molecule has 0 aliphatic carbocycles. The van der Waals surface area contributed by atoms with Crippen LogP contribution < -0.4 is 4.90 Å². The molecule has 0 bridgehead atoms. The monoisotopic (exact) mass is 413 g/mol. The van der Waals surface area contributed by atoms with E-state index in [0.717, 1.165) is 53.8 Å². The molecule has 0 saturated carbocycles. The maximum absolute atomic E-state index is 13.5. The van der Waals surface area contributed by atoms with Crippen LogP contribution >= 0.6 is 11.3 Å². The molecule has 1 saturated heterocycles. The van der Waals surface area contributed by atoms with Gasteiger partial charge in [-0.2, -0.15) is 5.10 Å². The zero-order chi connectivity index (χ0) is 20.5. The molecule has 1 aliphatic rings. The number of hydrogen-bond donors (Lipinski definition) is 0. The Balaban J connectivity index is 1.69. The summed E-state index contributed by atoms with van der Waals surface area (Å²) >= 11 is 1.59. The Hall–Kier alpha value is -2.29. The zero-order valence-corrected chi connectivity index (χ0v) is 18.3. The summed E-state index contributed by atoms with van der Waals surface area (Å²) in [4.78, 5) is 22.5. The second kappa shape index (κ2) is 8.22. The van der Waals surface area contributed by atoms with Gasteiger partial charge in [-0.1, -0.05) is 17.4 Å². The van der Waals surface area contributed by atoms with Crippen LogP contribution in [0.25, 0.3) is 10.2 Å². The predicted molar refractivity (Wildman–Crippen MR) is 116 cm³/mol. The van der Waals surface area contributed by atoms with Crippen molar-refractivity contribution >= 4 is 32.6 Å². The van der Waals surface area contributed by atoms with E-state index in [9.17, 15) is 4.79 Å². The topological polar surface area (TPSA) is 63.5 Å². The van der Waals surface area contributed by atoms with E-state index in [0.29, 0.717) is 12.2 Å². The fourth-order valence-electron chi connectivity index (χ4n) is 3.81. The largest absolute Gasteiger partial charge is 0.379 e. The molecular weight excluding hydrogens is 386 g/mol. The highest BCUT2D eigenvalue weighted by atomic mass is 32.1. The van der Waals surface area contributed by atoms with Gasteiger partial charge in [0.25, 0.3) is 5.91 Å². The highest BCUT2D eigenvalue weighted by Gasteiger charge is 2.26. The number of ether oxygens (including phenoxy) is 1. The Morgan fingerprint density at radius 1 is 1.21 bits per heavy atom. The van der Waals surface area contributed by atoms with Crippen molar-refractivity contribution in [3.8, 4) is 0 Å². The fraction of sp³-hybridized carbons (Fsp3) is 0.476. The summed E-state index contributed by atoms with van der Waals surface area (Å²) in [6.07, 6.45) is 1.74. The second-order valence-corrected chi connectivity index (χ2v) is 8.61. The third kappa shape index (κ3) is 4.05. The number of aromatic nitrogens is 3. The molecule has 7 nitrogen and oxygen atoms in total. The molecule has 4 rings (SSSR count). The first-order valence-electron chi connectivity index (χ1n) is 9.92. The molecule has 3 heterocycles. The minimum atomic E-state index is -0.0517. The van der Waals surface area contributed by atoms with Crippen LogP contribution in [0.15, 0.2) is 18.3 Å². The molecule has 0 spiro atoms. The summed E-state index contributed by atoms with van der Waals surface area (Å²) in [7, 11) is 1.81. The van der Waals surface area contributed by atoms with E-state index in [4.69, 9.17) is 9.72 Å². The number of fused-ring (bicyclic) bond motifs is 1. The van der Waals surface area contributed by atoms with E-state index >= 15 is 0 Å². The van der Waals surface area contributed by atoms with Crippen molar-refractivity contribution in [2.45, 2.75) is 20.8 Å². The minimum absolute atomic E-state index is 0.0517. The SMILES string of the molecule is Cc1cc(C)c2sc(N(CCN3CCOCC3)C(=O)c3c(C)cnn3C)nc2c1. The maximum atomic E-state index is 13.5. The summed E-state index contributed by atoms with van der Waals surface area (Å²) in [5.41, 5.74) is 4.82. The van der Waals surface area contributed by atoms with E-state index in [1.54, 1.807) is 22.2 Å². The number of morpholine rings is 1. The number of nitrogens with zero attached hydrogens (tertiary/aromatic N) is 5. The van der Waals surface area contributed by atoms with Crippen LogP contribution in [0.4, 0.5) is 5.13 Å². The Morgan fingerprint density at radius 2 is 1.97 bits per heavy atom. The Bertz CT molecular complexity index is 1020. The van der Waals surface area contributed by atoms with Crippen molar-refractivity contribution in [2.75, 3.05) is 44.3 Å². The number of carbonyl (C=O) groups is 1. The van der Waals surface area contributed by atoms with Gasteiger partial charge in [-0.25, -0.2) is 4.98 Å². The molecule has 0 atom stereocenters. The third-order valence-electron chi connectivity index (χ3n) is 5.35. The van der Waals surface area contributed by atoms with Gasteiger partial charge < -0.3 is 4.74 Å². The summed E-state index contributed by atoms with van der Waals surface area (Å²) in [6.45, 7) is 10.8. The lowest BCUT2D eigenvalue weighted by atomic mass is 10.1. The lowest BCUT2D eigenvalue weighted by Crippen LogP contribution is -2.43. The van der Waals surface area contributed by atoms with Crippen molar-refractivity contribution < 1.29 is 9.53 Å². The lowest BCUT2D eigenvalue weighted by Gasteiger charge is -2.29. The fourth-order valence-corrected chi connectivity index (χ4v) is 4.85. The Morgan fingerprint density at radius 3 is 2.66 bits per heavy atom.